The maximum atomic E-state index is 11.6. The molecule has 1 aromatic rings. The van der Waals surface area contributed by atoms with Gasteiger partial charge in [-0.05, 0) is 44.0 Å². The Bertz CT molecular complexity index is 489. The number of rotatable bonds is 5. The molecule has 0 radical (unpaired) electrons. The van der Waals surface area contributed by atoms with Crippen LogP contribution in [-0.2, 0) is 4.79 Å². The Kier molecular flexibility index (Phi) is 5.40. The fraction of sp³-hybridized carbons (Fsp3) is 0.400. The summed E-state index contributed by atoms with van der Waals surface area (Å²) < 4.78 is 5.58. The summed E-state index contributed by atoms with van der Waals surface area (Å²) in [5, 5.41) is 12.0. The van der Waals surface area contributed by atoms with Gasteiger partial charge < -0.3 is 15.2 Å². The van der Waals surface area contributed by atoms with Crippen LogP contribution >= 0.6 is 0 Å². The highest BCUT2D eigenvalue weighted by Gasteiger charge is 2.15. The molecule has 0 aliphatic carbocycles. The van der Waals surface area contributed by atoms with E-state index in [0.717, 1.165) is 11.1 Å². The molecule has 0 aliphatic rings. The van der Waals surface area contributed by atoms with E-state index >= 15 is 0 Å². The zero-order chi connectivity index (χ0) is 14.4. The second-order valence-electron chi connectivity index (χ2n) is 4.38. The van der Waals surface area contributed by atoms with Crippen LogP contribution in [-0.4, -0.2) is 23.7 Å². The normalized spacial score (nSPS) is 13.2. The summed E-state index contributed by atoms with van der Waals surface area (Å²) >= 11 is 0. The summed E-state index contributed by atoms with van der Waals surface area (Å²) in [7, 11) is 0. The topological polar surface area (TPSA) is 58.6 Å². The number of amides is 1. The molecule has 0 aliphatic heterocycles. The fourth-order valence-electron chi connectivity index (χ4n) is 1.59. The van der Waals surface area contributed by atoms with Crippen LogP contribution < -0.4 is 10.1 Å². The minimum absolute atomic E-state index is 0.187. The second-order valence-corrected chi connectivity index (χ2v) is 4.38. The van der Waals surface area contributed by atoms with Crippen molar-refractivity contribution in [1.82, 2.24) is 5.32 Å². The molecule has 1 rings (SSSR count). The Hall–Kier alpha value is -1.99. The van der Waals surface area contributed by atoms with Crippen LogP contribution in [0.4, 0.5) is 0 Å². The molecule has 0 heterocycles. The lowest BCUT2D eigenvalue weighted by Gasteiger charge is -2.16. The van der Waals surface area contributed by atoms with Crippen molar-refractivity contribution in [3.05, 3.63) is 29.3 Å². The zero-order valence-electron chi connectivity index (χ0n) is 11.4. The number of aliphatic hydroxyl groups is 1. The van der Waals surface area contributed by atoms with Crippen LogP contribution in [0, 0.1) is 19.3 Å². The third kappa shape index (κ3) is 4.31. The van der Waals surface area contributed by atoms with Crippen LogP contribution in [0.2, 0.25) is 0 Å². The largest absolute Gasteiger partial charge is 0.481 e. The van der Waals surface area contributed by atoms with Crippen molar-refractivity contribution in [2.45, 2.75) is 33.0 Å². The number of hydrogen-bond donors (Lipinski definition) is 2. The molecule has 2 N–H and O–H groups in total. The SMILES string of the molecule is C#CCNC(=O)C(C)Oc1ccc(C(C)O)cc1C. The lowest BCUT2D eigenvalue weighted by Crippen LogP contribution is -2.36. The Morgan fingerprint density at radius 3 is 2.74 bits per heavy atom. The van der Waals surface area contributed by atoms with E-state index in [-0.39, 0.29) is 12.5 Å². The number of terminal acetylenes is 1. The Labute approximate surface area is 113 Å². The highest BCUT2D eigenvalue weighted by molar-refractivity contribution is 5.80. The molecule has 4 nitrogen and oxygen atoms in total. The average Bonchev–Trinajstić information content (AvgIpc) is 2.37. The van der Waals surface area contributed by atoms with E-state index in [1.807, 2.05) is 13.0 Å². The predicted octanol–water partition coefficient (Wildman–Crippen LogP) is 1.57. The van der Waals surface area contributed by atoms with Crippen LogP contribution in [0.3, 0.4) is 0 Å². The van der Waals surface area contributed by atoms with Gasteiger partial charge in [0.25, 0.3) is 5.91 Å². The van der Waals surface area contributed by atoms with Crippen LogP contribution in [0.25, 0.3) is 0 Å². The van der Waals surface area contributed by atoms with Gasteiger partial charge in [-0.15, -0.1) is 6.42 Å². The molecule has 0 bridgehead atoms. The van der Waals surface area contributed by atoms with E-state index in [4.69, 9.17) is 11.2 Å². The van der Waals surface area contributed by atoms with Gasteiger partial charge in [-0.25, -0.2) is 0 Å². The van der Waals surface area contributed by atoms with Crippen molar-refractivity contribution < 1.29 is 14.6 Å². The quantitative estimate of drug-likeness (QED) is 0.791. The van der Waals surface area contributed by atoms with Gasteiger partial charge in [-0.2, -0.15) is 0 Å². The van der Waals surface area contributed by atoms with Crippen molar-refractivity contribution in [2.75, 3.05) is 6.54 Å². The lowest BCUT2D eigenvalue weighted by atomic mass is 10.1. The minimum Gasteiger partial charge on any atom is -0.481 e. The summed E-state index contributed by atoms with van der Waals surface area (Å²) in [6.07, 6.45) is 3.92. The molecule has 1 aromatic carbocycles. The van der Waals surface area contributed by atoms with Crippen molar-refractivity contribution >= 4 is 5.91 Å². The summed E-state index contributed by atoms with van der Waals surface area (Å²) in [6.45, 7) is 5.42. The summed E-state index contributed by atoms with van der Waals surface area (Å²) in [6, 6.07) is 5.37. The molecule has 0 saturated heterocycles. The van der Waals surface area contributed by atoms with Gasteiger partial charge in [0.05, 0.1) is 12.6 Å². The smallest absolute Gasteiger partial charge is 0.261 e. The van der Waals surface area contributed by atoms with E-state index in [2.05, 4.69) is 11.2 Å². The van der Waals surface area contributed by atoms with Gasteiger partial charge in [0.1, 0.15) is 5.75 Å². The molecule has 2 unspecified atom stereocenters. The van der Waals surface area contributed by atoms with Crippen molar-refractivity contribution in [3.63, 3.8) is 0 Å². The standard InChI is InChI=1S/C15H19NO3/c1-5-8-16-15(18)12(4)19-14-7-6-13(11(3)17)9-10(14)2/h1,6-7,9,11-12,17H,8H2,2-4H3,(H,16,18). The number of carbonyl (C=O) groups is 1. The van der Waals surface area contributed by atoms with Gasteiger partial charge in [0.2, 0.25) is 0 Å². The number of aryl methyl sites for hydroxylation is 1. The first-order valence-corrected chi connectivity index (χ1v) is 6.12. The maximum absolute atomic E-state index is 11.6. The molecule has 19 heavy (non-hydrogen) atoms. The molecule has 0 fully saturated rings. The Morgan fingerprint density at radius 2 is 2.21 bits per heavy atom. The van der Waals surface area contributed by atoms with Gasteiger partial charge in [-0.3, -0.25) is 4.79 Å². The second kappa shape index (κ2) is 6.81. The number of nitrogens with one attached hydrogen (secondary N) is 1. The maximum Gasteiger partial charge on any atom is 0.261 e. The third-order valence-corrected chi connectivity index (χ3v) is 2.72. The van der Waals surface area contributed by atoms with Gasteiger partial charge >= 0.3 is 0 Å². The molecular weight excluding hydrogens is 242 g/mol. The zero-order valence-corrected chi connectivity index (χ0v) is 11.4. The first-order valence-electron chi connectivity index (χ1n) is 6.12. The number of ether oxygens (including phenoxy) is 1. The van der Waals surface area contributed by atoms with Crippen molar-refractivity contribution in [3.8, 4) is 18.1 Å². The third-order valence-electron chi connectivity index (χ3n) is 2.72. The van der Waals surface area contributed by atoms with E-state index in [0.29, 0.717) is 5.75 Å². The molecule has 1 amide bonds. The van der Waals surface area contributed by atoms with E-state index in [1.165, 1.54) is 0 Å². The predicted molar refractivity (Wildman–Crippen MR) is 73.7 cm³/mol. The van der Waals surface area contributed by atoms with Crippen LogP contribution in [0.5, 0.6) is 5.75 Å². The molecule has 2 atom stereocenters. The Morgan fingerprint density at radius 1 is 1.53 bits per heavy atom. The number of hydrogen-bond acceptors (Lipinski definition) is 3. The fourth-order valence-corrected chi connectivity index (χ4v) is 1.59. The molecule has 0 spiro atoms. The van der Waals surface area contributed by atoms with Crippen LogP contribution in [0.1, 0.15) is 31.1 Å². The van der Waals surface area contributed by atoms with E-state index in [1.54, 1.807) is 26.0 Å². The molecule has 0 aromatic heterocycles. The van der Waals surface area contributed by atoms with Gasteiger partial charge in [-0.1, -0.05) is 12.0 Å². The summed E-state index contributed by atoms with van der Waals surface area (Å²) in [5.74, 6) is 2.70. The van der Waals surface area contributed by atoms with E-state index < -0.39 is 12.2 Å². The summed E-state index contributed by atoms with van der Waals surface area (Å²) in [5.41, 5.74) is 1.68. The first-order chi connectivity index (χ1) is 8.95. The van der Waals surface area contributed by atoms with E-state index in [9.17, 15) is 9.90 Å². The Balaban J connectivity index is 2.72. The highest BCUT2D eigenvalue weighted by Crippen LogP contribution is 2.23. The number of carbonyl (C=O) groups excluding carboxylic acids is 1. The van der Waals surface area contributed by atoms with Gasteiger partial charge in [0.15, 0.2) is 6.10 Å². The van der Waals surface area contributed by atoms with Crippen LogP contribution in [0.15, 0.2) is 18.2 Å². The van der Waals surface area contributed by atoms with Gasteiger partial charge in [0, 0.05) is 0 Å². The number of benzene rings is 1. The average molecular weight is 261 g/mol. The minimum atomic E-state index is -0.621. The molecule has 0 saturated carbocycles. The molecule has 102 valence electrons. The molecule has 4 heteroatoms. The monoisotopic (exact) mass is 261 g/mol. The molecular formula is C15H19NO3. The van der Waals surface area contributed by atoms with Crippen molar-refractivity contribution in [2.24, 2.45) is 0 Å². The first kappa shape index (κ1) is 15.1. The number of aliphatic hydroxyl groups excluding tert-OH is 1. The highest BCUT2D eigenvalue weighted by atomic mass is 16.5. The summed E-state index contributed by atoms with van der Waals surface area (Å²) in [4.78, 5) is 11.6. The van der Waals surface area contributed by atoms with Crippen molar-refractivity contribution in [1.29, 1.82) is 0 Å². The lowest BCUT2D eigenvalue weighted by molar-refractivity contribution is -0.127.